The van der Waals surface area contributed by atoms with Crippen LogP contribution >= 0.6 is 11.3 Å². The van der Waals surface area contributed by atoms with Crippen molar-refractivity contribution in [2.75, 3.05) is 18.5 Å². The molecular formula is C21H23N3O4S. The van der Waals surface area contributed by atoms with E-state index in [9.17, 15) is 9.59 Å². The van der Waals surface area contributed by atoms with E-state index in [-0.39, 0.29) is 17.9 Å². The van der Waals surface area contributed by atoms with Gasteiger partial charge in [0.1, 0.15) is 21.9 Å². The van der Waals surface area contributed by atoms with Crippen LogP contribution in [0.25, 0.3) is 10.2 Å². The highest BCUT2D eigenvalue weighted by Gasteiger charge is 2.21. The Balaban J connectivity index is 1.92. The number of thiophene rings is 1. The molecule has 3 aromatic rings. The van der Waals surface area contributed by atoms with Gasteiger partial charge in [-0.05, 0) is 43.5 Å². The average molecular weight is 413 g/mol. The topological polar surface area (TPSA) is 90.4 Å². The number of benzene rings is 1. The smallest absolute Gasteiger partial charge is 0.348 e. The summed E-state index contributed by atoms with van der Waals surface area (Å²) >= 11 is 1.28. The number of fused-ring (bicyclic) bond motifs is 1. The fraction of sp³-hybridized carbons (Fsp3) is 0.333. The van der Waals surface area contributed by atoms with Crippen molar-refractivity contribution < 1.29 is 19.1 Å². The molecule has 0 atom stereocenters. The van der Waals surface area contributed by atoms with Crippen LogP contribution in [-0.4, -0.2) is 35.1 Å². The number of esters is 2. The lowest BCUT2D eigenvalue weighted by atomic mass is 10.1. The molecule has 2 aromatic heterocycles. The number of anilines is 2. The van der Waals surface area contributed by atoms with Crippen molar-refractivity contribution in [2.45, 2.75) is 27.7 Å². The Morgan fingerprint density at radius 3 is 2.69 bits per heavy atom. The van der Waals surface area contributed by atoms with Crippen LogP contribution in [0.5, 0.6) is 0 Å². The number of hydrogen-bond acceptors (Lipinski definition) is 8. The minimum absolute atomic E-state index is 0.261. The highest BCUT2D eigenvalue weighted by atomic mass is 32.1. The van der Waals surface area contributed by atoms with Crippen LogP contribution in [0, 0.1) is 12.8 Å². The molecule has 1 N–H and O–H groups in total. The molecule has 2 heterocycles. The van der Waals surface area contributed by atoms with E-state index in [0.29, 0.717) is 40.0 Å². The van der Waals surface area contributed by atoms with E-state index in [4.69, 9.17) is 9.47 Å². The van der Waals surface area contributed by atoms with Crippen LogP contribution in [-0.2, 0) is 9.47 Å². The minimum atomic E-state index is -0.383. The number of hydrogen-bond donors (Lipinski definition) is 1. The molecule has 7 nitrogen and oxygen atoms in total. The third-order valence-electron chi connectivity index (χ3n) is 4.10. The third kappa shape index (κ3) is 4.71. The first-order valence-corrected chi connectivity index (χ1v) is 10.2. The Kier molecular flexibility index (Phi) is 6.43. The molecular weight excluding hydrogens is 390 g/mol. The van der Waals surface area contributed by atoms with Crippen molar-refractivity contribution in [3.63, 3.8) is 0 Å². The maximum Gasteiger partial charge on any atom is 0.348 e. The summed E-state index contributed by atoms with van der Waals surface area (Å²) in [6.45, 7) is 8.28. The summed E-state index contributed by atoms with van der Waals surface area (Å²) in [7, 11) is 0. The second-order valence-electron chi connectivity index (χ2n) is 6.88. The molecule has 8 heteroatoms. The standard InChI is InChI=1S/C21H23N3O4S/c1-5-27-20(25)14-7-6-8-15(9-14)24-18-16-13(4)17(21(26)28-10-12(2)3)29-19(16)23-11-22-18/h6-9,11-12H,5,10H2,1-4H3,(H,22,23,24). The zero-order valence-electron chi connectivity index (χ0n) is 16.8. The lowest BCUT2D eigenvalue weighted by Crippen LogP contribution is -2.09. The third-order valence-corrected chi connectivity index (χ3v) is 5.28. The fourth-order valence-corrected chi connectivity index (χ4v) is 3.79. The van der Waals surface area contributed by atoms with Gasteiger partial charge in [-0.3, -0.25) is 0 Å². The average Bonchev–Trinajstić information content (AvgIpc) is 3.04. The van der Waals surface area contributed by atoms with Crippen molar-refractivity contribution in [3.8, 4) is 0 Å². The Morgan fingerprint density at radius 2 is 1.97 bits per heavy atom. The van der Waals surface area contributed by atoms with Gasteiger partial charge in [0.2, 0.25) is 0 Å². The van der Waals surface area contributed by atoms with Crippen molar-refractivity contribution in [3.05, 3.63) is 46.6 Å². The Labute approximate surface area is 173 Å². The van der Waals surface area contributed by atoms with Gasteiger partial charge in [-0.2, -0.15) is 0 Å². The van der Waals surface area contributed by atoms with E-state index in [1.165, 1.54) is 17.7 Å². The van der Waals surface area contributed by atoms with Crippen LogP contribution in [0.1, 0.15) is 46.4 Å². The van der Waals surface area contributed by atoms with Crippen LogP contribution in [0.15, 0.2) is 30.6 Å². The lowest BCUT2D eigenvalue weighted by molar-refractivity contribution is 0.0463. The second-order valence-corrected chi connectivity index (χ2v) is 7.88. The molecule has 0 saturated carbocycles. The molecule has 0 aliphatic rings. The number of nitrogens with one attached hydrogen (secondary N) is 1. The first-order valence-electron chi connectivity index (χ1n) is 9.36. The van der Waals surface area contributed by atoms with Gasteiger partial charge >= 0.3 is 11.9 Å². The summed E-state index contributed by atoms with van der Waals surface area (Å²) in [6.07, 6.45) is 1.44. The molecule has 1 aromatic carbocycles. The SMILES string of the molecule is CCOC(=O)c1cccc(Nc2ncnc3sc(C(=O)OCC(C)C)c(C)c23)c1. The summed E-state index contributed by atoms with van der Waals surface area (Å²) in [5, 5.41) is 3.98. The monoisotopic (exact) mass is 413 g/mol. The number of ether oxygens (including phenoxy) is 2. The highest BCUT2D eigenvalue weighted by molar-refractivity contribution is 7.20. The normalized spacial score (nSPS) is 10.9. The molecule has 0 bridgehead atoms. The van der Waals surface area contributed by atoms with E-state index >= 15 is 0 Å². The molecule has 0 radical (unpaired) electrons. The molecule has 0 fully saturated rings. The molecule has 152 valence electrons. The minimum Gasteiger partial charge on any atom is -0.462 e. The number of aryl methyl sites for hydroxylation is 1. The quantitative estimate of drug-likeness (QED) is 0.560. The number of nitrogens with zero attached hydrogens (tertiary/aromatic N) is 2. The van der Waals surface area contributed by atoms with Gasteiger partial charge in [-0.15, -0.1) is 11.3 Å². The molecule has 0 amide bonds. The highest BCUT2D eigenvalue weighted by Crippen LogP contribution is 2.35. The Bertz CT molecular complexity index is 1050. The summed E-state index contributed by atoms with van der Waals surface area (Å²) in [6, 6.07) is 6.99. The van der Waals surface area contributed by atoms with Gasteiger partial charge in [-0.25, -0.2) is 19.6 Å². The van der Waals surface area contributed by atoms with E-state index in [1.807, 2.05) is 26.8 Å². The zero-order valence-corrected chi connectivity index (χ0v) is 17.6. The largest absolute Gasteiger partial charge is 0.462 e. The van der Waals surface area contributed by atoms with Crippen molar-refractivity contribution in [1.29, 1.82) is 0 Å². The van der Waals surface area contributed by atoms with Crippen LogP contribution in [0.3, 0.4) is 0 Å². The molecule has 0 aliphatic carbocycles. The van der Waals surface area contributed by atoms with Crippen LogP contribution in [0.2, 0.25) is 0 Å². The van der Waals surface area contributed by atoms with Crippen molar-refractivity contribution in [1.82, 2.24) is 9.97 Å². The zero-order chi connectivity index (χ0) is 21.0. The maximum absolute atomic E-state index is 12.5. The molecule has 3 rings (SSSR count). The molecule has 29 heavy (non-hydrogen) atoms. The van der Waals surface area contributed by atoms with Crippen LogP contribution in [0.4, 0.5) is 11.5 Å². The van der Waals surface area contributed by atoms with E-state index in [0.717, 1.165) is 10.9 Å². The van der Waals surface area contributed by atoms with E-state index in [2.05, 4.69) is 15.3 Å². The van der Waals surface area contributed by atoms with Gasteiger partial charge in [0.15, 0.2) is 0 Å². The van der Waals surface area contributed by atoms with Crippen LogP contribution < -0.4 is 5.32 Å². The number of aromatic nitrogens is 2. The summed E-state index contributed by atoms with van der Waals surface area (Å²) in [5.74, 6) is 0.0883. The fourth-order valence-electron chi connectivity index (χ4n) is 2.74. The van der Waals surface area contributed by atoms with E-state index in [1.54, 1.807) is 25.1 Å². The first-order chi connectivity index (χ1) is 13.9. The molecule has 0 aliphatic heterocycles. The summed E-state index contributed by atoms with van der Waals surface area (Å²) in [4.78, 5) is 34.3. The predicted octanol–water partition coefficient (Wildman–Crippen LogP) is 4.73. The molecule has 0 unspecified atom stereocenters. The van der Waals surface area contributed by atoms with Gasteiger partial charge in [0.25, 0.3) is 0 Å². The Morgan fingerprint density at radius 1 is 1.17 bits per heavy atom. The first kappa shape index (κ1) is 20.7. The van der Waals surface area contributed by atoms with Gasteiger partial charge < -0.3 is 14.8 Å². The number of carbonyl (C=O) groups excluding carboxylic acids is 2. The van der Waals surface area contributed by atoms with Crippen molar-refractivity contribution in [2.24, 2.45) is 5.92 Å². The van der Waals surface area contributed by atoms with Gasteiger partial charge in [0, 0.05) is 5.69 Å². The molecule has 0 spiro atoms. The summed E-state index contributed by atoms with van der Waals surface area (Å²) in [5.41, 5.74) is 1.90. The van der Waals surface area contributed by atoms with Gasteiger partial charge in [-0.1, -0.05) is 19.9 Å². The predicted molar refractivity (Wildman–Crippen MR) is 113 cm³/mol. The van der Waals surface area contributed by atoms with E-state index < -0.39 is 0 Å². The second kappa shape index (κ2) is 9.00. The Hall–Kier alpha value is -3.00. The lowest BCUT2D eigenvalue weighted by Gasteiger charge is -2.09. The number of rotatable bonds is 7. The van der Waals surface area contributed by atoms with Gasteiger partial charge in [0.05, 0.1) is 24.2 Å². The number of carbonyl (C=O) groups is 2. The summed E-state index contributed by atoms with van der Waals surface area (Å²) < 4.78 is 10.4. The van der Waals surface area contributed by atoms with Crippen molar-refractivity contribution >= 4 is 45.0 Å². The maximum atomic E-state index is 12.5. The molecule has 0 saturated heterocycles.